The molecule has 0 N–H and O–H groups in total. The molecule has 99 valence electrons. The van der Waals surface area contributed by atoms with Gasteiger partial charge in [-0.05, 0) is 29.2 Å². The molecule has 0 atom stereocenters. The Morgan fingerprint density at radius 2 is 1.79 bits per heavy atom. The van der Waals surface area contributed by atoms with Gasteiger partial charge in [-0.25, -0.2) is 0 Å². The predicted octanol–water partition coefficient (Wildman–Crippen LogP) is 4.29. The van der Waals surface area contributed by atoms with Gasteiger partial charge in [0.1, 0.15) is 11.5 Å². The topological polar surface area (TPSA) is 18.5 Å². The van der Waals surface area contributed by atoms with Gasteiger partial charge in [0.15, 0.2) is 0 Å². The summed E-state index contributed by atoms with van der Waals surface area (Å²) in [5, 5.41) is 0. The third kappa shape index (κ3) is 2.73. The minimum Gasteiger partial charge on any atom is -0.497 e. The Balaban J connectivity index is 2.58. The molecule has 0 heterocycles. The second-order valence-electron chi connectivity index (χ2n) is 4.72. The second-order valence-corrected chi connectivity index (χ2v) is 4.72. The lowest BCUT2D eigenvalue weighted by Gasteiger charge is -2.15. The minimum atomic E-state index is 0.455. The van der Waals surface area contributed by atoms with E-state index in [0.29, 0.717) is 5.92 Å². The van der Waals surface area contributed by atoms with E-state index < -0.39 is 0 Å². The molecular weight excluding hydrogens is 236 g/mol. The lowest BCUT2D eigenvalue weighted by Crippen LogP contribution is -1.95. The molecule has 0 spiro atoms. The van der Waals surface area contributed by atoms with Crippen LogP contribution in [0.2, 0.25) is 0 Å². The molecule has 0 saturated carbocycles. The molecule has 0 unspecified atom stereocenters. The van der Waals surface area contributed by atoms with Crippen LogP contribution >= 0.6 is 0 Å². The van der Waals surface area contributed by atoms with Crippen molar-refractivity contribution in [3.8, 4) is 22.6 Å². The number of ether oxygens (including phenoxy) is 2. The maximum Gasteiger partial charge on any atom is 0.131 e. The van der Waals surface area contributed by atoms with Gasteiger partial charge in [-0.15, -0.1) is 0 Å². The van der Waals surface area contributed by atoms with Crippen LogP contribution in [-0.4, -0.2) is 14.2 Å². The number of methoxy groups -OCH3 is 2. The van der Waals surface area contributed by atoms with Crippen molar-refractivity contribution in [3.63, 3.8) is 0 Å². The lowest BCUT2D eigenvalue weighted by atomic mass is 9.92. The maximum absolute atomic E-state index is 5.47. The summed E-state index contributed by atoms with van der Waals surface area (Å²) in [6.07, 6.45) is 0. The monoisotopic (exact) mass is 255 g/mol. The first-order valence-corrected chi connectivity index (χ1v) is 6.40. The number of rotatable bonds is 4. The van der Waals surface area contributed by atoms with E-state index in [-0.39, 0.29) is 0 Å². The summed E-state index contributed by atoms with van der Waals surface area (Å²) < 4.78 is 10.7. The SMILES string of the molecule is COc1c[c]c(-c2ccccc2C(C)C)c(OC)c1. The molecule has 0 aliphatic rings. The zero-order valence-electron chi connectivity index (χ0n) is 11.9. The van der Waals surface area contributed by atoms with Crippen molar-refractivity contribution in [2.45, 2.75) is 19.8 Å². The standard InChI is InChI=1S/C17H19O2/c1-12(2)14-7-5-6-8-15(14)16-10-9-13(18-3)11-17(16)19-4/h5-9,11-12H,1-4H3. The van der Waals surface area contributed by atoms with Gasteiger partial charge in [0, 0.05) is 11.6 Å². The van der Waals surface area contributed by atoms with E-state index >= 15 is 0 Å². The van der Waals surface area contributed by atoms with Crippen molar-refractivity contribution in [2.24, 2.45) is 0 Å². The Morgan fingerprint density at radius 1 is 1.05 bits per heavy atom. The zero-order valence-corrected chi connectivity index (χ0v) is 11.9. The highest BCUT2D eigenvalue weighted by Crippen LogP contribution is 2.36. The first-order valence-electron chi connectivity index (χ1n) is 6.40. The summed E-state index contributed by atoms with van der Waals surface area (Å²) in [6.45, 7) is 4.38. The summed E-state index contributed by atoms with van der Waals surface area (Å²) in [7, 11) is 3.31. The molecule has 0 aliphatic heterocycles. The Morgan fingerprint density at radius 3 is 2.42 bits per heavy atom. The molecule has 2 nitrogen and oxygen atoms in total. The largest absolute Gasteiger partial charge is 0.497 e. The van der Waals surface area contributed by atoms with Crippen LogP contribution in [0, 0.1) is 6.07 Å². The van der Waals surface area contributed by atoms with E-state index in [2.05, 4.69) is 38.1 Å². The van der Waals surface area contributed by atoms with Gasteiger partial charge in [-0.3, -0.25) is 0 Å². The molecule has 0 saturated heterocycles. The fourth-order valence-electron chi connectivity index (χ4n) is 2.17. The molecule has 2 aromatic rings. The summed E-state index contributed by atoms with van der Waals surface area (Å²) in [5.74, 6) is 1.99. The van der Waals surface area contributed by atoms with Crippen LogP contribution in [0.1, 0.15) is 25.3 Å². The molecular formula is C17H19O2. The fraction of sp³-hybridized carbons (Fsp3) is 0.294. The average molecular weight is 255 g/mol. The predicted molar refractivity (Wildman–Crippen MR) is 77.9 cm³/mol. The Labute approximate surface area is 115 Å². The van der Waals surface area contributed by atoms with Crippen LogP contribution in [-0.2, 0) is 0 Å². The van der Waals surface area contributed by atoms with Crippen LogP contribution in [0.25, 0.3) is 11.1 Å². The van der Waals surface area contributed by atoms with Gasteiger partial charge < -0.3 is 9.47 Å². The summed E-state index contributed by atoms with van der Waals surface area (Å²) >= 11 is 0. The summed E-state index contributed by atoms with van der Waals surface area (Å²) in [4.78, 5) is 0. The van der Waals surface area contributed by atoms with E-state index in [4.69, 9.17) is 9.47 Å². The summed E-state index contributed by atoms with van der Waals surface area (Å²) in [5.41, 5.74) is 3.44. The van der Waals surface area contributed by atoms with Gasteiger partial charge in [0.2, 0.25) is 0 Å². The number of benzene rings is 2. The molecule has 0 aromatic heterocycles. The van der Waals surface area contributed by atoms with Crippen molar-refractivity contribution < 1.29 is 9.47 Å². The quantitative estimate of drug-likeness (QED) is 0.811. The molecule has 0 bridgehead atoms. The van der Waals surface area contributed by atoms with E-state index in [9.17, 15) is 0 Å². The number of hydrogen-bond acceptors (Lipinski definition) is 2. The van der Waals surface area contributed by atoms with E-state index in [1.165, 1.54) is 5.56 Å². The molecule has 0 aliphatic carbocycles. The third-order valence-electron chi connectivity index (χ3n) is 3.19. The van der Waals surface area contributed by atoms with Crippen LogP contribution < -0.4 is 9.47 Å². The Kier molecular flexibility index (Phi) is 4.10. The molecule has 2 rings (SSSR count). The highest BCUT2D eigenvalue weighted by Gasteiger charge is 2.13. The van der Waals surface area contributed by atoms with Gasteiger partial charge in [0.25, 0.3) is 0 Å². The average Bonchev–Trinajstić information content (AvgIpc) is 2.46. The molecule has 1 radical (unpaired) electrons. The first-order chi connectivity index (χ1) is 9.17. The highest BCUT2D eigenvalue weighted by molar-refractivity contribution is 5.74. The van der Waals surface area contributed by atoms with E-state index in [1.54, 1.807) is 14.2 Å². The van der Waals surface area contributed by atoms with Gasteiger partial charge in [-0.1, -0.05) is 38.1 Å². The molecule has 2 aromatic carbocycles. The van der Waals surface area contributed by atoms with Crippen molar-refractivity contribution in [2.75, 3.05) is 14.2 Å². The lowest BCUT2D eigenvalue weighted by molar-refractivity contribution is 0.395. The Hall–Kier alpha value is -1.96. The van der Waals surface area contributed by atoms with Crippen molar-refractivity contribution in [1.29, 1.82) is 0 Å². The number of hydrogen-bond donors (Lipinski definition) is 0. The second kappa shape index (κ2) is 5.79. The van der Waals surface area contributed by atoms with Gasteiger partial charge in [-0.2, -0.15) is 0 Å². The van der Waals surface area contributed by atoms with E-state index in [0.717, 1.165) is 22.6 Å². The zero-order chi connectivity index (χ0) is 13.8. The molecule has 2 heteroatoms. The normalized spacial score (nSPS) is 10.6. The Bertz CT molecular complexity index is 559. The van der Waals surface area contributed by atoms with Gasteiger partial charge in [0.05, 0.1) is 14.2 Å². The smallest absolute Gasteiger partial charge is 0.131 e. The molecule has 0 fully saturated rings. The minimum absolute atomic E-state index is 0.455. The highest BCUT2D eigenvalue weighted by atomic mass is 16.5. The molecule has 19 heavy (non-hydrogen) atoms. The van der Waals surface area contributed by atoms with Crippen molar-refractivity contribution >= 4 is 0 Å². The van der Waals surface area contributed by atoms with Crippen molar-refractivity contribution in [1.82, 2.24) is 0 Å². The van der Waals surface area contributed by atoms with Crippen LogP contribution in [0.3, 0.4) is 0 Å². The third-order valence-corrected chi connectivity index (χ3v) is 3.19. The maximum atomic E-state index is 5.47. The van der Waals surface area contributed by atoms with Gasteiger partial charge >= 0.3 is 0 Å². The summed E-state index contributed by atoms with van der Waals surface area (Å²) in [6, 6.07) is 15.4. The van der Waals surface area contributed by atoms with E-state index in [1.807, 2.05) is 18.2 Å². The van der Waals surface area contributed by atoms with Crippen LogP contribution in [0.5, 0.6) is 11.5 Å². The van der Waals surface area contributed by atoms with Crippen molar-refractivity contribution in [3.05, 3.63) is 48.0 Å². The molecule has 0 amide bonds. The fourth-order valence-corrected chi connectivity index (χ4v) is 2.17. The van der Waals surface area contributed by atoms with Crippen LogP contribution in [0.4, 0.5) is 0 Å². The first kappa shape index (κ1) is 13.5. The van der Waals surface area contributed by atoms with Crippen LogP contribution in [0.15, 0.2) is 36.4 Å².